The Hall–Kier alpha value is -1.46. The fraction of sp³-hybridized carbons (Fsp3) is 0.167. The number of aromatic amines is 1. The van der Waals surface area contributed by atoms with Gasteiger partial charge in [0.2, 0.25) is 5.16 Å². The molecule has 0 saturated carbocycles. The molecule has 0 unspecified atom stereocenters. The highest BCUT2D eigenvalue weighted by Gasteiger charge is 2.11. The Morgan fingerprint density at radius 1 is 1.56 bits per heavy atom. The zero-order valence-corrected chi connectivity index (χ0v) is 11.4. The van der Waals surface area contributed by atoms with Gasteiger partial charge in [-0.1, -0.05) is 29.4 Å². The van der Waals surface area contributed by atoms with Crippen molar-refractivity contribution < 1.29 is 4.74 Å². The van der Waals surface area contributed by atoms with Gasteiger partial charge in [0.1, 0.15) is 5.75 Å². The first-order chi connectivity index (χ1) is 8.74. The normalized spacial score (nSPS) is 10.3. The van der Waals surface area contributed by atoms with Crippen molar-refractivity contribution in [3.63, 3.8) is 0 Å². The van der Waals surface area contributed by atoms with Crippen LogP contribution >= 0.6 is 23.4 Å². The molecule has 0 saturated heterocycles. The van der Waals surface area contributed by atoms with Crippen LogP contribution in [0.1, 0.15) is 0 Å². The number of benzene rings is 1. The molecular formula is C12H12ClN3OS. The number of H-pyrrole nitrogens is 1. The van der Waals surface area contributed by atoms with Gasteiger partial charge in [0, 0.05) is 10.8 Å². The molecule has 2 aromatic rings. The number of hydrogen-bond donors (Lipinski definition) is 1. The molecule has 0 aliphatic rings. The number of ether oxygens (including phenoxy) is 1. The topological polar surface area (TPSA) is 50.8 Å². The molecule has 4 nitrogen and oxygen atoms in total. The Morgan fingerprint density at radius 3 is 3.11 bits per heavy atom. The first-order valence-corrected chi connectivity index (χ1v) is 6.61. The van der Waals surface area contributed by atoms with Gasteiger partial charge in [-0.05, 0) is 18.2 Å². The maximum absolute atomic E-state index is 5.98. The van der Waals surface area contributed by atoms with Crippen molar-refractivity contribution in [2.24, 2.45) is 0 Å². The Morgan fingerprint density at radius 2 is 2.39 bits per heavy atom. The maximum atomic E-state index is 5.98. The van der Waals surface area contributed by atoms with E-state index in [4.69, 9.17) is 16.3 Å². The summed E-state index contributed by atoms with van der Waals surface area (Å²) in [6.45, 7) is 3.66. The number of rotatable bonds is 5. The van der Waals surface area contributed by atoms with Crippen LogP contribution in [0.3, 0.4) is 0 Å². The van der Waals surface area contributed by atoms with E-state index < -0.39 is 0 Å². The zero-order chi connectivity index (χ0) is 13.0. The number of thioether (sulfide) groups is 1. The van der Waals surface area contributed by atoms with Gasteiger partial charge in [0.05, 0.1) is 12.7 Å². The van der Waals surface area contributed by atoms with Crippen LogP contribution in [0.2, 0.25) is 5.02 Å². The third-order valence-corrected chi connectivity index (χ3v) is 3.29. The Labute approximate surface area is 114 Å². The third-order valence-electron chi connectivity index (χ3n) is 2.21. The fourth-order valence-corrected chi connectivity index (χ4v) is 2.14. The first kappa shape index (κ1) is 13.0. The van der Waals surface area contributed by atoms with Crippen LogP contribution in [-0.4, -0.2) is 28.0 Å². The molecule has 0 radical (unpaired) electrons. The molecule has 1 N–H and O–H groups in total. The van der Waals surface area contributed by atoms with E-state index >= 15 is 0 Å². The predicted molar refractivity (Wildman–Crippen MR) is 74.3 cm³/mol. The summed E-state index contributed by atoms with van der Waals surface area (Å²) in [5.74, 6) is 2.11. The van der Waals surface area contributed by atoms with E-state index in [2.05, 4.69) is 21.8 Å². The van der Waals surface area contributed by atoms with Crippen LogP contribution in [0, 0.1) is 0 Å². The SMILES string of the molecule is C=CCSc1n[nH]c(-c2cc(Cl)ccc2OC)n1. The molecule has 1 heterocycles. The lowest BCUT2D eigenvalue weighted by molar-refractivity contribution is 0.416. The smallest absolute Gasteiger partial charge is 0.209 e. The summed E-state index contributed by atoms with van der Waals surface area (Å²) in [6, 6.07) is 5.37. The number of halogens is 1. The molecule has 0 spiro atoms. The van der Waals surface area contributed by atoms with Crippen LogP contribution in [0.4, 0.5) is 0 Å². The highest BCUT2D eigenvalue weighted by Crippen LogP contribution is 2.31. The van der Waals surface area contributed by atoms with Gasteiger partial charge in [-0.3, -0.25) is 5.10 Å². The van der Waals surface area contributed by atoms with Crippen molar-refractivity contribution in [2.45, 2.75) is 5.16 Å². The fourth-order valence-electron chi connectivity index (χ4n) is 1.43. The zero-order valence-electron chi connectivity index (χ0n) is 9.81. The summed E-state index contributed by atoms with van der Waals surface area (Å²) in [7, 11) is 1.61. The van der Waals surface area contributed by atoms with Crippen molar-refractivity contribution in [3.05, 3.63) is 35.9 Å². The van der Waals surface area contributed by atoms with Crippen molar-refractivity contribution >= 4 is 23.4 Å². The number of hydrogen-bond acceptors (Lipinski definition) is 4. The van der Waals surface area contributed by atoms with Crippen LogP contribution in [0.5, 0.6) is 5.75 Å². The molecule has 0 aliphatic heterocycles. The molecule has 0 aliphatic carbocycles. The molecule has 0 fully saturated rings. The molecule has 1 aromatic heterocycles. The van der Waals surface area contributed by atoms with Gasteiger partial charge >= 0.3 is 0 Å². The lowest BCUT2D eigenvalue weighted by atomic mass is 10.2. The molecule has 94 valence electrons. The first-order valence-electron chi connectivity index (χ1n) is 5.24. The molecule has 18 heavy (non-hydrogen) atoms. The number of methoxy groups -OCH3 is 1. The monoisotopic (exact) mass is 281 g/mol. The van der Waals surface area contributed by atoms with Crippen LogP contribution in [-0.2, 0) is 0 Å². The molecule has 0 bridgehead atoms. The summed E-state index contributed by atoms with van der Waals surface area (Å²) >= 11 is 7.49. The van der Waals surface area contributed by atoms with Crippen molar-refractivity contribution in [1.82, 2.24) is 15.2 Å². The van der Waals surface area contributed by atoms with Gasteiger partial charge in [0.15, 0.2) is 5.82 Å². The van der Waals surface area contributed by atoms with E-state index in [1.165, 1.54) is 11.8 Å². The van der Waals surface area contributed by atoms with Crippen LogP contribution < -0.4 is 4.74 Å². The van der Waals surface area contributed by atoms with Gasteiger partial charge in [-0.25, -0.2) is 4.98 Å². The highest BCUT2D eigenvalue weighted by molar-refractivity contribution is 7.99. The Bertz CT molecular complexity index is 556. The summed E-state index contributed by atoms with van der Waals surface area (Å²) in [5.41, 5.74) is 0.794. The number of nitrogens with one attached hydrogen (secondary N) is 1. The lowest BCUT2D eigenvalue weighted by Gasteiger charge is -2.05. The van der Waals surface area contributed by atoms with Gasteiger partial charge in [0.25, 0.3) is 0 Å². The molecule has 0 atom stereocenters. The van der Waals surface area contributed by atoms with E-state index in [1.54, 1.807) is 31.4 Å². The van der Waals surface area contributed by atoms with Crippen LogP contribution in [0.25, 0.3) is 11.4 Å². The van der Waals surface area contributed by atoms with Gasteiger partial charge < -0.3 is 4.74 Å². The van der Waals surface area contributed by atoms with E-state index in [-0.39, 0.29) is 0 Å². The van der Waals surface area contributed by atoms with Gasteiger partial charge in [-0.15, -0.1) is 11.7 Å². The maximum Gasteiger partial charge on any atom is 0.209 e. The average molecular weight is 282 g/mol. The quantitative estimate of drug-likeness (QED) is 0.674. The van der Waals surface area contributed by atoms with Crippen molar-refractivity contribution in [1.29, 1.82) is 0 Å². The van der Waals surface area contributed by atoms with Crippen molar-refractivity contribution in [3.8, 4) is 17.1 Å². The van der Waals surface area contributed by atoms with E-state index in [0.717, 1.165) is 11.3 Å². The molecule has 1 aromatic carbocycles. The summed E-state index contributed by atoms with van der Waals surface area (Å²) in [4.78, 5) is 4.38. The summed E-state index contributed by atoms with van der Waals surface area (Å²) in [5, 5.41) is 8.29. The largest absolute Gasteiger partial charge is 0.496 e. The number of aromatic nitrogens is 3. The number of nitrogens with zero attached hydrogens (tertiary/aromatic N) is 2. The van der Waals surface area contributed by atoms with Crippen molar-refractivity contribution in [2.75, 3.05) is 12.9 Å². The summed E-state index contributed by atoms with van der Waals surface area (Å²) < 4.78 is 5.28. The minimum Gasteiger partial charge on any atom is -0.496 e. The molecule has 2 rings (SSSR count). The second-order valence-electron chi connectivity index (χ2n) is 3.41. The minimum atomic E-state index is 0.627. The third kappa shape index (κ3) is 2.86. The van der Waals surface area contributed by atoms with E-state index in [1.807, 2.05) is 0 Å². The van der Waals surface area contributed by atoms with E-state index in [0.29, 0.717) is 21.8 Å². The predicted octanol–water partition coefficient (Wildman–Crippen LogP) is 3.41. The second-order valence-corrected chi connectivity index (χ2v) is 4.83. The summed E-state index contributed by atoms with van der Waals surface area (Å²) in [6.07, 6.45) is 1.81. The minimum absolute atomic E-state index is 0.627. The molecular weight excluding hydrogens is 270 g/mol. The Kier molecular flexibility index (Phi) is 4.28. The van der Waals surface area contributed by atoms with E-state index in [9.17, 15) is 0 Å². The lowest BCUT2D eigenvalue weighted by Crippen LogP contribution is -1.89. The standard InChI is InChI=1S/C12H12ClN3OS/c1-3-6-18-12-14-11(15-16-12)9-7-8(13)4-5-10(9)17-2/h3-5,7H,1,6H2,2H3,(H,14,15,16). The second kappa shape index (κ2) is 5.93. The highest BCUT2D eigenvalue weighted by atomic mass is 35.5. The Balaban J connectivity index is 2.32. The molecule has 6 heteroatoms. The average Bonchev–Trinajstić information content (AvgIpc) is 2.85. The van der Waals surface area contributed by atoms with Gasteiger partial charge in [-0.2, -0.15) is 0 Å². The molecule has 0 amide bonds. The van der Waals surface area contributed by atoms with Crippen LogP contribution in [0.15, 0.2) is 36.0 Å².